The van der Waals surface area contributed by atoms with Crippen LogP contribution in [0.3, 0.4) is 0 Å². The summed E-state index contributed by atoms with van der Waals surface area (Å²) in [6.45, 7) is 4.98. The van der Waals surface area contributed by atoms with Crippen molar-refractivity contribution in [3.63, 3.8) is 0 Å². The lowest BCUT2D eigenvalue weighted by Crippen LogP contribution is -2.21. The number of hydrogen-bond donors (Lipinski definition) is 1. The van der Waals surface area contributed by atoms with Gasteiger partial charge in [0.1, 0.15) is 11.5 Å². The third kappa shape index (κ3) is 2.97. The van der Waals surface area contributed by atoms with Gasteiger partial charge >= 0.3 is 0 Å². The zero-order chi connectivity index (χ0) is 14.8. The topological polar surface area (TPSA) is 25.2 Å². The highest BCUT2D eigenvalue weighted by Gasteiger charge is 2.10. The molecule has 1 N–H and O–H groups in total. The first-order valence-electron chi connectivity index (χ1n) is 7.15. The molecule has 0 radical (unpaired) electrons. The first-order valence-corrected chi connectivity index (χ1v) is 7.52. The summed E-state index contributed by atoms with van der Waals surface area (Å²) < 4.78 is 5.96. The van der Waals surface area contributed by atoms with Crippen LogP contribution in [0.5, 0.6) is 0 Å². The highest BCUT2D eigenvalue weighted by atomic mass is 35.5. The third-order valence-electron chi connectivity index (χ3n) is 3.48. The Kier molecular flexibility index (Phi) is 4.00. The van der Waals surface area contributed by atoms with Crippen molar-refractivity contribution in [2.75, 3.05) is 0 Å². The third-order valence-corrected chi connectivity index (χ3v) is 3.81. The molecule has 0 atom stereocenters. The Morgan fingerprint density at radius 1 is 1.00 bits per heavy atom. The summed E-state index contributed by atoms with van der Waals surface area (Å²) in [5, 5.41) is 6.29. The van der Waals surface area contributed by atoms with Gasteiger partial charge in [-0.1, -0.05) is 49.7 Å². The van der Waals surface area contributed by atoms with Gasteiger partial charge in [0.15, 0.2) is 0 Å². The molecule has 1 heterocycles. The molecule has 0 aliphatic carbocycles. The second-order valence-electron chi connectivity index (χ2n) is 5.44. The SMILES string of the molecule is CC(C)NCc1ccc(-c2ccc(Cl)c3ccccc23)o1. The molecule has 108 valence electrons. The summed E-state index contributed by atoms with van der Waals surface area (Å²) in [5.41, 5.74) is 1.07. The predicted molar refractivity (Wildman–Crippen MR) is 88.6 cm³/mol. The van der Waals surface area contributed by atoms with Crippen molar-refractivity contribution in [2.24, 2.45) is 0 Å². The molecular weight excluding hydrogens is 282 g/mol. The van der Waals surface area contributed by atoms with E-state index < -0.39 is 0 Å². The van der Waals surface area contributed by atoms with Crippen LogP contribution < -0.4 is 5.32 Å². The summed E-state index contributed by atoms with van der Waals surface area (Å²) in [5.74, 6) is 1.82. The summed E-state index contributed by atoms with van der Waals surface area (Å²) in [6, 6.07) is 16.5. The van der Waals surface area contributed by atoms with Crippen molar-refractivity contribution in [3.05, 3.63) is 59.3 Å². The fourth-order valence-corrected chi connectivity index (χ4v) is 2.63. The Morgan fingerprint density at radius 2 is 1.76 bits per heavy atom. The van der Waals surface area contributed by atoms with E-state index in [1.165, 1.54) is 0 Å². The van der Waals surface area contributed by atoms with Crippen LogP contribution in [0.2, 0.25) is 5.02 Å². The van der Waals surface area contributed by atoms with E-state index in [1.807, 2.05) is 42.5 Å². The molecule has 3 aromatic rings. The number of nitrogens with one attached hydrogen (secondary N) is 1. The molecule has 3 rings (SSSR count). The average Bonchev–Trinajstić information content (AvgIpc) is 2.94. The Balaban J connectivity index is 1.99. The zero-order valence-corrected chi connectivity index (χ0v) is 12.9. The van der Waals surface area contributed by atoms with Gasteiger partial charge in [-0.3, -0.25) is 0 Å². The molecule has 0 bridgehead atoms. The number of fused-ring (bicyclic) bond motifs is 1. The molecule has 3 heteroatoms. The maximum absolute atomic E-state index is 6.27. The standard InChI is InChI=1S/C18H18ClNO/c1-12(2)20-11-13-7-10-18(21-13)16-8-9-17(19)15-6-4-3-5-14(15)16/h3-10,12,20H,11H2,1-2H3. The highest BCUT2D eigenvalue weighted by Crippen LogP contribution is 2.33. The number of benzene rings is 2. The summed E-state index contributed by atoms with van der Waals surface area (Å²) in [4.78, 5) is 0. The van der Waals surface area contributed by atoms with Crippen molar-refractivity contribution in [3.8, 4) is 11.3 Å². The monoisotopic (exact) mass is 299 g/mol. The molecule has 1 aromatic heterocycles. The van der Waals surface area contributed by atoms with E-state index in [1.54, 1.807) is 0 Å². The van der Waals surface area contributed by atoms with Crippen LogP contribution in [0.15, 0.2) is 52.9 Å². The summed E-state index contributed by atoms with van der Waals surface area (Å²) >= 11 is 6.27. The van der Waals surface area contributed by atoms with E-state index in [-0.39, 0.29) is 0 Å². The fourth-order valence-electron chi connectivity index (χ4n) is 2.40. The molecular formula is C18H18ClNO. The van der Waals surface area contributed by atoms with Crippen molar-refractivity contribution in [1.82, 2.24) is 5.32 Å². The fraction of sp³-hybridized carbons (Fsp3) is 0.222. The number of hydrogen-bond acceptors (Lipinski definition) is 2. The lowest BCUT2D eigenvalue weighted by Gasteiger charge is -2.07. The molecule has 2 nitrogen and oxygen atoms in total. The molecule has 0 aliphatic heterocycles. The van der Waals surface area contributed by atoms with Gasteiger partial charge in [0, 0.05) is 22.0 Å². The maximum Gasteiger partial charge on any atom is 0.134 e. The lowest BCUT2D eigenvalue weighted by atomic mass is 10.0. The molecule has 0 amide bonds. The van der Waals surface area contributed by atoms with Gasteiger partial charge in [0.05, 0.1) is 6.54 Å². The zero-order valence-electron chi connectivity index (χ0n) is 12.2. The van der Waals surface area contributed by atoms with Crippen LogP contribution in [0.25, 0.3) is 22.1 Å². The van der Waals surface area contributed by atoms with E-state index in [2.05, 4.69) is 25.2 Å². The Morgan fingerprint density at radius 3 is 2.52 bits per heavy atom. The molecule has 2 aromatic carbocycles. The first-order chi connectivity index (χ1) is 10.1. The van der Waals surface area contributed by atoms with E-state index in [0.29, 0.717) is 6.04 Å². The molecule has 0 spiro atoms. The highest BCUT2D eigenvalue weighted by molar-refractivity contribution is 6.36. The van der Waals surface area contributed by atoms with E-state index in [0.717, 1.165) is 39.4 Å². The van der Waals surface area contributed by atoms with Crippen LogP contribution in [0.4, 0.5) is 0 Å². The van der Waals surface area contributed by atoms with Gasteiger partial charge in [-0.25, -0.2) is 0 Å². The minimum atomic E-state index is 0.440. The summed E-state index contributed by atoms with van der Waals surface area (Å²) in [6.07, 6.45) is 0. The van der Waals surface area contributed by atoms with E-state index >= 15 is 0 Å². The van der Waals surface area contributed by atoms with Crippen LogP contribution in [0.1, 0.15) is 19.6 Å². The summed E-state index contributed by atoms with van der Waals surface area (Å²) in [7, 11) is 0. The maximum atomic E-state index is 6.27. The second kappa shape index (κ2) is 5.92. The smallest absolute Gasteiger partial charge is 0.134 e. The number of furan rings is 1. The predicted octanol–water partition coefficient (Wildman–Crippen LogP) is 5.25. The van der Waals surface area contributed by atoms with Crippen molar-refractivity contribution < 1.29 is 4.42 Å². The van der Waals surface area contributed by atoms with Gasteiger partial charge in [-0.15, -0.1) is 0 Å². The molecule has 21 heavy (non-hydrogen) atoms. The van der Waals surface area contributed by atoms with E-state index in [4.69, 9.17) is 16.0 Å². The van der Waals surface area contributed by atoms with Gasteiger partial charge < -0.3 is 9.73 Å². The van der Waals surface area contributed by atoms with Crippen LogP contribution in [-0.4, -0.2) is 6.04 Å². The van der Waals surface area contributed by atoms with Crippen molar-refractivity contribution >= 4 is 22.4 Å². The normalized spacial score (nSPS) is 11.4. The van der Waals surface area contributed by atoms with Gasteiger partial charge in [-0.05, 0) is 29.7 Å². The van der Waals surface area contributed by atoms with Crippen LogP contribution in [-0.2, 0) is 6.54 Å². The minimum absolute atomic E-state index is 0.440. The van der Waals surface area contributed by atoms with Crippen LogP contribution >= 0.6 is 11.6 Å². The molecule has 0 fully saturated rings. The van der Waals surface area contributed by atoms with E-state index in [9.17, 15) is 0 Å². The average molecular weight is 300 g/mol. The quantitative estimate of drug-likeness (QED) is 0.711. The van der Waals surface area contributed by atoms with Crippen LogP contribution in [0, 0.1) is 0 Å². The Hall–Kier alpha value is -1.77. The first kappa shape index (κ1) is 14.2. The molecule has 0 saturated carbocycles. The number of rotatable bonds is 4. The minimum Gasteiger partial charge on any atom is -0.460 e. The van der Waals surface area contributed by atoms with Crippen molar-refractivity contribution in [1.29, 1.82) is 0 Å². The molecule has 0 saturated heterocycles. The Bertz CT molecular complexity index is 761. The second-order valence-corrected chi connectivity index (χ2v) is 5.85. The number of halogens is 1. The molecule has 0 aliphatic rings. The lowest BCUT2D eigenvalue weighted by molar-refractivity contribution is 0.473. The van der Waals surface area contributed by atoms with Gasteiger partial charge in [0.2, 0.25) is 0 Å². The van der Waals surface area contributed by atoms with Gasteiger partial charge in [0.25, 0.3) is 0 Å². The van der Waals surface area contributed by atoms with Gasteiger partial charge in [-0.2, -0.15) is 0 Å². The molecule has 0 unspecified atom stereocenters. The van der Waals surface area contributed by atoms with Crippen molar-refractivity contribution in [2.45, 2.75) is 26.4 Å². The largest absolute Gasteiger partial charge is 0.460 e. The Labute approximate surface area is 129 Å².